The number of alkyl halides is 2. The van der Waals surface area contributed by atoms with E-state index in [2.05, 4.69) is 47.6 Å². The van der Waals surface area contributed by atoms with Gasteiger partial charge in [-0.05, 0) is 263 Å². The maximum atomic E-state index is 12.3. The second-order valence-corrected chi connectivity index (χ2v) is 36.7. The van der Waals surface area contributed by atoms with E-state index < -0.39 is 16.8 Å². The van der Waals surface area contributed by atoms with E-state index >= 15 is 0 Å². The molecule has 0 bridgehead atoms. The summed E-state index contributed by atoms with van der Waals surface area (Å²) in [6.07, 6.45) is 26.5. The summed E-state index contributed by atoms with van der Waals surface area (Å²) in [6.45, 7) is 14.6. The van der Waals surface area contributed by atoms with Crippen molar-refractivity contribution >= 4 is 46.7 Å². The lowest BCUT2D eigenvalue weighted by atomic mass is 9.42. The number of halogens is 2. The second kappa shape index (κ2) is 18.2. The molecule has 2 spiro atoms. The van der Waals surface area contributed by atoms with Gasteiger partial charge in [-0.25, -0.2) is 0 Å². The molecule has 33 atom stereocenters. The van der Waals surface area contributed by atoms with Crippen LogP contribution in [0.15, 0.2) is 11.6 Å². The predicted molar refractivity (Wildman–Crippen MR) is 322 cm³/mol. The molecule has 0 aromatic carbocycles. The summed E-state index contributed by atoms with van der Waals surface area (Å²) in [4.78, 5) is 48.7. The Kier molecular flexibility index (Phi) is 12.3. The molecular formula is C73H102Cl2O11. The average Bonchev–Trinajstić information content (AvgIpc) is 1.48. The van der Waals surface area contributed by atoms with Crippen LogP contribution in [0.4, 0.5) is 0 Å². The summed E-state index contributed by atoms with van der Waals surface area (Å²) in [5.74, 6) is 13.8. The maximum Gasteiger partial charge on any atom is 0.306 e. The largest absolute Gasteiger partial charge is 0.458 e. The first-order valence-corrected chi connectivity index (χ1v) is 36.6. The van der Waals surface area contributed by atoms with Crippen molar-refractivity contribution in [3.8, 4) is 0 Å². The average molecular weight is 1230 g/mol. The number of rotatable bonds is 3. The smallest absolute Gasteiger partial charge is 0.306 e. The topological polar surface area (TPSA) is 188 Å². The zero-order valence-corrected chi connectivity index (χ0v) is 54.0. The quantitative estimate of drug-likeness (QED) is 0.134. The molecule has 2 heterocycles. The first-order chi connectivity index (χ1) is 40.8. The van der Waals surface area contributed by atoms with Crippen molar-refractivity contribution < 1.29 is 54.2 Å². The fourth-order valence-electron chi connectivity index (χ4n) is 30.2. The van der Waals surface area contributed by atoms with Crippen LogP contribution >= 0.6 is 23.2 Å². The molecule has 474 valence electrons. The van der Waals surface area contributed by atoms with Crippen LogP contribution in [0.3, 0.4) is 0 Å². The first kappa shape index (κ1) is 58.2. The lowest BCUT2D eigenvalue weighted by Gasteiger charge is -2.64. The number of carbonyl (C=O) groups is 4. The highest BCUT2D eigenvalue weighted by Crippen LogP contribution is 2.86. The third kappa shape index (κ3) is 6.94. The molecule has 20 aliphatic rings. The number of esters is 2. The van der Waals surface area contributed by atoms with Crippen molar-refractivity contribution in [1.29, 1.82) is 0 Å². The molecule has 0 aromatic heterocycles. The molecule has 0 radical (unpaired) electrons. The third-order valence-corrected chi connectivity index (χ3v) is 34.0. The van der Waals surface area contributed by atoms with Gasteiger partial charge in [0.15, 0.2) is 5.78 Å². The van der Waals surface area contributed by atoms with E-state index in [0.29, 0.717) is 133 Å². The molecule has 0 amide bonds. The van der Waals surface area contributed by atoms with Crippen molar-refractivity contribution in [3.05, 3.63) is 11.6 Å². The van der Waals surface area contributed by atoms with Crippen LogP contribution in [-0.4, -0.2) is 95.1 Å². The molecule has 5 N–H and O–H groups in total. The van der Waals surface area contributed by atoms with Crippen LogP contribution in [0.5, 0.6) is 0 Å². The lowest BCUT2D eigenvalue weighted by molar-refractivity contribution is -0.237. The van der Waals surface area contributed by atoms with Crippen LogP contribution in [0, 0.1) is 157 Å². The summed E-state index contributed by atoms with van der Waals surface area (Å²) in [7, 11) is 0. The normalized spacial score (nSPS) is 62.6. The molecule has 0 aromatic rings. The van der Waals surface area contributed by atoms with Gasteiger partial charge in [0.1, 0.15) is 17.0 Å². The van der Waals surface area contributed by atoms with Gasteiger partial charge < -0.3 is 35.0 Å². The molecular weight excluding hydrogens is 1120 g/mol. The van der Waals surface area contributed by atoms with Crippen LogP contribution in [0.2, 0.25) is 0 Å². The molecule has 11 nitrogen and oxygen atoms in total. The van der Waals surface area contributed by atoms with Gasteiger partial charge in [0.2, 0.25) is 0 Å². The highest BCUT2D eigenvalue weighted by atomic mass is 35.5. The van der Waals surface area contributed by atoms with Crippen molar-refractivity contribution in [3.63, 3.8) is 0 Å². The molecule has 18 aliphatic carbocycles. The Balaban J connectivity index is 0.0000000985. The van der Waals surface area contributed by atoms with E-state index in [4.69, 9.17) is 32.7 Å². The minimum absolute atomic E-state index is 0.0229. The van der Waals surface area contributed by atoms with E-state index in [0.717, 1.165) is 125 Å². The zero-order valence-electron chi connectivity index (χ0n) is 52.5. The van der Waals surface area contributed by atoms with Gasteiger partial charge in [0.05, 0.1) is 28.2 Å². The monoisotopic (exact) mass is 1220 g/mol. The standard InChI is InChI=1S/C24H32O4.C24H38O4.C24H30O3.CH2Cl2/c1-21-6-3-12(25)11-23(21,27)16-9-13(16)19-15(21)4-7-22(2)20(19)14-10-17(14)24(22)8-5-18(26)28-24;1-21-7-4-13(26)12-24(21,28)17-10-14(17)19-16(21)5-8-22(2)20(19)15-11-18(15)23(22,27)6-3-9-25;1-22-6-3-12(25)9-17(22)13-10-14(13)20-16(22)4-7-23(2)21(20)15-11-18(15)24(23)8-5-19(26)27-24;2-1-3/h13-17,19-20,27H,3-11H2,1-2H3;13-20,25-28H,3-12H2,1-2H3;9,13-16,18,20-21H,3-8,10-11H2,1-2H3;1H2/t13-,14+,15?,16+,17-,19?,20?,21+,22-,23+,24-;13-,14-,15+,16?,17+,18-,19?,20?,21+,22-,23-,24+;13-,14+,15-,16?,18+,20?,21?,22-,23+,24+;/m001./s1. The number of carbonyl (C=O) groups excluding carboxylic acids is 4. The second-order valence-electron chi connectivity index (χ2n) is 35.9. The lowest BCUT2D eigenvalue weighted by Crippen LogP contribution is -2.65. The van der Waals surface area contributed by atoms with Gasteiger partial charge >= 0.3 is 11.9 Å². The van der Waals surface area contributed by atoms with E-state index in [1.165, 1.54) is 44.1 Å². The fraction of sp³-hybridized carbons (Fsp3) is 0.918. The summed E-state index contributed by atoms with van der Waals surface area (Å²) < 4.78 is 12.4. The number of hydrogen-bond acceptors (Lipinski definition) is 11. The maximum absolute atomic E-state index is 12.3. The Bertz CT molecular complexity index is 2990. The van der Waals surface area contributed by atoms with Crippen LogP contribution in [0.25, 0.3) is 0 Å². The van der Waals surface area contributed by atoms with Gasteiger partial charge in [-0.3, -0.25) is 19.2 Å². The SMILES string of the molecule is C[C@]12CCC(=O)C=C1[C@@H]1C[C@@H]1C1C2CC[C@@]2(C)C1[C@@H]1C[C@@H]1[C@@]21CCC(=O)O1.C[C@]12CCC3C(C1[C@@H]1C[C@@H]1[C@@]2(O)CCCO)[C@H]1C[C@H]1[C@]1(O)C[C@@H](O)CC[C@]31C.C[C@]12CCC3C(C1[C@@H]1C[C@@H]1[C@@]21CCC(=O)O1)[C@H]1C[C@H]1[C@]1(O)CC(=O)CC[C@]31C.ClCCl. The molecule has 9 unspecified atom stereocenters. The Morgan fingerprint density at radius 3 is 1.57 bits per heavy atom. The van der Waals surface area contributed by atoms with Crippen LogP contribution in [0.1, 0.15) is 208 Å². The minimum atomic E-state index is -0.763. The number of ether oxygens (including phenoxy) is 2. The number of hydrogen-bond donors (Lipinski definition) is 5. The van der Waals surface area contributed by atoms with Crippen molar-refractivity contribution in [2.75, 3.05) is 11.9 Å². The zero-order chi connectivity index (χ0) is 60.0. The summed E-state index contributed by atoms with van der Waals surface area (Å²) >= 11 is 9.53. The molecule has 17 saturated carbocycles. The number of allylic oxidation sites excluding steroid dienone is 1. The van der Waals surface area contributed by atoms with Gasteiger partial charge in [-0.1, -0.05) is 47.1 Å². The van der Waals surface area contributed by atoms with Crippen molar-refractivity contribution in [2.24, 2.45) is 157 Å². The molecule has 2 saturated heterocycles. The van der Waals surface area contributed by atoms with E-state index in [1.807, 2.05) is 0 Å². The van der Waals surface area contributed by atoms with Crippen molar-refractivity contribution in [2.45, 2.75) is 243 Å². The minimum Gasteiger partial charge on any atom is -0.458 e. The van der Waals surface area contributed by atoms with Crippen molar-refractivity contribution in [1.82, 2.24) is 0 Å². The van der Waals surface area contributed by atoms with Gasteiger partial charge in [0, 0.05) is 73.2 Å². The van der Waals surface area contributed by atoms with Gasteiger partial charge in [-0.2, -0.15) is 0 Å². The Hall–Kier alpha value is -1.60. The van der Waals surface area contributed by atoms with Crippen LogP contribution in [-0.2, 0) is 28.7 Å². The summed E-state index contributed by atoms with van der Waals surface area (Å²) in [5, 5.41) is 55.4. The molecule has 2 aliphatic heterocycles. The number of Topliss-reactive ketones (excluding diaryl/α,β-unsaturated/α-hetero) is 1. The molecule has 20 rings (SSSR count). The van der Waals surface area contributed by atoms with E-state index in [1.54, 1.807) is 0 Å². The third-order valence-electron chi connectivity index (χ3n) is 34.0. The fourth-order valence-corrected chi connectivity index (χ4v) is 30.2. The predicted octanol–water partition coefficient (Wildman–Crippen LogP) is 11.9. The summed E-state index contributed by atoms with van der Waals surface area (Å²) in [6, 6.07) is 0. The number of aliphatic hydroxyl groups is 5. The molecule has 86 heavy (non-hydrogen) atoms. The number of fused-ring (bicyclic) bond motifs is 34. The molecule has 13 heteroatoms. The number of ketones is 2. The Morgan fingerprint density at radius 1 is 0.512 bits per heavy atom. The highest BCUT2D eigenvalue weighted by Gasteiger charge is 2.86. The van der Waals surface area contributed by atoms with E-state index in [9.17, 15) is 44.7 Å². The Labute approximate surface area is 521 Å². The Morgan fingerprint density at radius 2 is 1.00 bits per heavy atom. The van der Waals surface area contributed by atoms with Gasteiger partial charge in [-0.15, -0.1) is 23.2 Å². The summed E-state index contributed by atoms with van der Waals surface area (Å²) in [5.41, 5.74) is -0.475. The molecule has 19 fully saturated rings. The number of aliphatic hydroxyl groups excluding tert-OH is 2. The highest BCUT2D eigenvalue weighted by molar-refractivity contribution is 6.40. The van der Waals surface area contributed by atoms with Crippen LogP contribution < -0.4 is 0 Å². The van der Waals surface area contributed by atoms with E-state index in [-0.39, 0.29) is 79.5 Å². The first-order valence-electron chi connectivity index (χ1n) is 35.6. The van der Waals surface area contributed by atoms with Gasteiger partial charge in [0.25, 0.3) is 0 Å².